The molecule has 1 unspecified atom stereocenters. The minimum absolute atomic E-state index is 0.248. The summed E-state index contributed by atoms with van der Waals surface area (Å²) in [6, 6.07) is 2.61. The van der Waals surface area contributed by atoms with Crippen LogP contribution in [0.25, 0.3) is 0 Å². The van der Waals surface area contributed by atoms with Gasteiger partial charge in [0.2, 0.25) is 5.91 Å². The number of carbonyl (C=O) groups is 2. The Morgan fingerprint density at radius 2 is 1.84 bits per heavy atom. The summed E-state index contributed by atoms with van der Waals surface area (Å²) in [5.41, 5.74) is 3.60. The molecule has 1 atom stereocenters. The van der Waals surface area contributed by atoms with Crippen LogP contribution < -0.4 is 16.4 Å². The van der Waals surface area contributed by atoms with E-state index < -0.39 is 29.7 Å². The van der Waals surface area contributed by atoms with Crippen LogP contribution in [0.5, 0.6) is 0 Å². The Kier molecular flexibility index (Phi) is 4.36. The van der Waals surface area contributed by atoms with Crippen LogP contribution in [-0.2, 0) is 11.0 Å². The maximum Gasteiger partial charge on any atom is 0.418 e. The zero-order valence-corrected chi connectivity index (χ0v) is 9.91. The second-order valence-electron chi connectivity index (χ2n) is 3.76. The average molecular weight is 275 g/mol. The van der Waals surface area contributed by atoms with Crippen molar-refractivity contribution in [3.05, 3.63) is 29.8 Å². The lowest BCUT2D eigenvalue weighted by molar-refractivity contribution is -0.137. The third-order valence-electron chi connectivity index (χ3n) is 2.24. The summed E-state index contributed by atoms with van der Waals surface area (Å²) < 4.78 is 38.1. The van der Waals surface area contributed by atoms with Gasteiger partial charge in [0.05, 0.1) is 5.56 Å². The van der Waals surface area contributed by atoms with E-state index in [0.29, 0.717) is 0 Å². The molecular weight excluding hydrogens is 263 g/mol. The van der Waals surface area contributed by atoms with Crippen molar-refractivity contribution in [1.29, 1.82) is 0 Å². The first kappa shape index (κ1) is 14.8. The van der Waals surface area contributed by atoms with E-state index in [9.17, 15) is 22.8 Å². The molecule has 5 nitrogen and oxygen atoms in total. The van der Waals surface area contributed by atoms with Gasteiger partial charge in [0.15, 0.2) is 0 Å². The average Bonchev–Trinajstić information content (AvgIpc) is 2.27. The van der Waals surface area contributed by atoms with Crippen LogP contribution in [0.3, 0.4) is 0 Å². The minimum Gasteiger partial charge on any atom is -0.373 e. The number of imide groups is 1. The van der Waals surface area contributed by atoms with Crippen molar-refractivity contribution in [2.75, 3.05) is 5.32 Å². The van der Waals surface area contributed by atoms with E-state index >= 15 is 0 Å². The number of carbonyl (C=O) groups excluding carboxylic acids is 2. The molecule has 0 bridgehead atoms. The summed E-state index contributed by atoms with van der Waals surface area (Å²) >= 11 is 0. The maximum atomic E-state index is 12.7. The van der Waals surface area contributed by atoms with Crippen molar-refractivity contribution in [2.24, 2.45) is 5.73 Å². The Morgan fingerprint density at radius 3 is 2.37 bits per heavy atom. The van der Waals surface area contributed by atoms with Gasteiger partial charge in [-0.2, -0.15) is 13.2 Å². The van der Waals surface area contributed by atoms with Gasteiger partial charge in [-0.1, -0.05) is 12.1 Å². The van der Waals surface area contributed by atoms with Crippen molar-refractivity contribution in [3.8, 4) is 0 Å². The molecule has 0 saturated heterocycles. The van der Waals surface area contributed by atoms with E-state index in [0.717, 1.165) is 6.07 Å². The molecular formula is C11H12F3N3O2. The zero-order chi connectivity index (χ0) is 14.6. The molecule has 0 radical (unpaired) electrons. The molecule has 104 valence electrons. The standard InChI is InChI=1S/C11H12F3N3O2/c1-6(9(18)17-10(15)19)16-8-5-3-2-4-7(8)11(12,13)14/h2-6,16H,1H3,(H3,15,17,18,19). The number of nitrogens with one attached hydrogen (secondary N) is 2. The van der Waals surface area contributed by atoms with Crippen LogP contribution in [0.4, 0.5) is 23.7 Å². The Labute approximate surface area is 107 Å². The predicted molar refractivity (Wildman–Crippen MR) is 62.3 cm³/mol. The highest BCUT2D eigenvalue weighted by molar-refractivity contribution is 5.97. The molecule has 1 aromatic rings. The smallest absolute Gasteiger partial charge is 0.373 e. The lowest BCUT2D eigenvalue weighted by Crippen LogP contribution is -2.43. The quantitative estimate of drug-likeness (QED) is 0.785. The SMILES string of the molecule is CC(Nc1ccccc1C(F)(F)F)C(=O)NC(N)=O. The molecule has 3 amide bonds. The number of hydrogen-bond acceptors (Lipinski definition) is 3. The first-order chi connectivity index (χ1) is 8.71. The molecule has 0 aromatic heterocycles. The van der Waals surface area contributed by atoms with Crippen LogP contribution in [-0.4, -0.2) is 18.0 Å². The van der Waals surface area contributed by atoms with Crippen LogP contribution in [0.15, 0.2) is 24.3 Å². The monoisotopic (exact) mass is 275 g/mol. The number of halogens is 3. The van der Waals surface area contributed by atoms with Crippen molar-refractivity contribution >= 4 is 17.6 Å². The molecule has 8 heteroatoms. The summed E-state index contributed by atoms with van der Waals surface area (Å²) in [4.78, 5) is 21.8. The van der Waals surface area contributed by atoms with Gasteiger partial charge in [-0.15, -0.1) is 0 Å². The van der Waals surface area contributed by atoms with Crippen LogP contribution in [0.1, 0.15) is 12.5 Å². The molecule has 0 spiro atoms. The fourth-order valence-electron chi connectivity index (χ4n) is 1.38. The molecule has 0 saturated carbocycles. The van der Waals surface area contributed by atoms with Crippen molar-refractivity contribution in [1.82, 2.24) is 5.32 Å². The van der Waals surface area contributed by atoms with Gasteiger partial charge in [-0.05, 0) is 19.1 Å². The van der Waals surface area contributed by atoms with Gasteiger partial charge < -0.3 is 11.1 Å². The highest BCUT2D eigenvalue weighted by Gasteiger charge is 2.33. The molecule has 0 aliphatic rings. The Hall–Kier alpha value is -2.25. The molecule has 0 heterocycles. The van der Waals surface area contributed by atoms with E-state index in [2.05, 4.69) is 5.32 Å². The molecule has 0 aliphatic carbocycles. The van der Waals surface area contributed by atoms with Gasteiger partial charge in [0, 0.05) is 5.69 Å². The lowest BCUT2D eigenvalue weighted by Gasteiger charge is -2.18. The molecule has 0 aliphatic heterocycles. The van der Waals surface area contributed by atoms with E-state index in [-0.39, 0.29) is 5.69 Å². The number of nitrogens with two attached hydrogens (primary N) is 1. The van der Waals surface area contributed by atoms with Crippen LogP contribution in [0.2, 0.25) is 0 Å². The minimum atomic E-state index is -4.54. The molecule has 4 N–H and O–H groups in total. The summed E-state index contributed by atoms with van der Waals surface area (Å²) in [5.74, 6) is -0.815. The van der Waals surface area contributed by atoms with E-state index in [1.165, 1.54) is 25.1 Å². The maximum absolute atomic E-state index is 12.7. The second kappa shape index (κ2) is 5.59. The number of para-hydroxylation sites is 1. The van der Waals surface area contributed by atoms with Crippen molar-refractivity contribution < 1.29 is 22.8 Å². The first-order valence-electron chi connectivity index (χ1n) is 5.25. The van der Waals surface area contributed by atoms with Gasteiger partial charge in [-0.3, -0.25) is 10.1 Å². The first-order valence-corrected chi connectivity index (χ1v) is 5.25. The van der Waals surface area contributed by atoms with Gasteiger partial charge in [0.1, 0.15) is 6.04 Å². The third-order valence-corrected chi connectivity index (χ3v) is 2.24. The number of alkyl halides is 3. The number of anilines is 1. The zero-order valence-electron chi connectivity index (χ0n) is 9.91. The van der Waals surface area contributed by atoms with Crippen LogP contribution in [0, 0.1) is 0 Å². The Morgan fingerprint density at radius 1 is 1.26 bits per heavy atom. The van der Waals surface area contributed by atoms with Gasteiger partial charge >= 0.3 is 12.2 Å². The number of urea groups is 1. The summed E-state index contributed by atoms with van der Waals surface area (Å²) in [7, 11) is 0. The third kappa shape index (κ3) is 4.16. The van der Waals surface area contributed by atoms with E-state index in [1.54, 1.807) is 5.32 Å². The fraction of sp³-hybridized carbons (Fsp3) is 0.273. The van der Waals surface area contributed by atoms with E-state index in [4.69, 9.17) is 5.73 Å². The molecule has 1 aromatic carbocycles. The second-order valence-corrected chi connectivity index (χ2v) is 3.76. The molecule has 0 fully saturated rings. The number of amides is 3. The van der Waals surface area contributed by atoms with Gasteiger partial charge in [0.25, 0.3) is 0 Å². The van der Waals surface area contributed by atoms with Crippen molar-refractivity contribution in [2.45, 2.75) is 19.1 Å². The number of rotatable bonds is 3. The molecule has 1 rings (SSSR count). The lowest BCUT2D eigenvalue weighted by atomic mass is 10.1. The highest BCUT2D eigenvalue weighted by Crippen LogP contribution is 2.34. The predicted octanol–water partition coefficient (Wildman–Crippen LogP) is 1.70. The van der Waals surface area contributed by atoms with Gasteiger partial charge in [-0.25, -0.2) is 4.79 Å². The number of benzene rings is 1. The highest BCUT2D eigenvalue weighted by atomic mass is 19.4. The Bertz CT molecular complexity index is 488. The molecule has 19 heavy (non-hydrogen) atoms. The fourth-order valence-corrected chi connectivity index (χ4v) is 1.38. The summed E-state index contributed by atoms with van der Waals surface area (Å²) in [5, 5.41) is 4.16. The number of hydrogen-bond donors (Lipinski definition) is 3. The van der Waals surface area contributed by atoms with Crippen molar-refractivity contribution in [3.63, 3.8) is 0 Å². The number of primary amides is 1. The largest absolute Gasteiger partial charge is 0.418 e. The normalized spacial score (nSPS) is 12.6. The topological polar surface area (TPSA) is 84.2 Å². The summed E-state index contributed by atoms with van der Waals surface area (Å²) in [6.45, 7) is 1.31. The summed E-state index contributed by atoms with van der Waals surface area (Å²) in [6.07, 6.45) is -4.54. The van der Waals surface area contributed by atoms with E-state index in [1.807, 2.05) is 0 Å². The Balaban J connectivity index is 2.88. The van der Waals surface area contributed by atoms with Crippen LogP contribution >= 0.6 is 0 Å².